The van der Waals surface area contributed by atoms with Gasteiger partial charge in [-0.3, -0.25) is 14.9 Å². The number of rotatable bonds is 3. The lowest BCUT2D eigenvalue weighted by Crippen LogP contribution is -2.27. The summed E-state index contributed by atoms with van der Waals surface area (Å²) in [6.45, 7) is 0. The van der Waals surface area contributed by atoms with Gasteiger partial charge in [-0.15, -0.1) is 0 Å². The number of amides is 2. The van der Waals surface area contributed by atoms with E-state index in [1.54, 1.807) is 24.3 Å². The molecule has 0 spiro atoms. The monoisotopic (exact) mass is 443 g/mol. The third-order valence-electron chi connectivity index (χ3n) is 5.74. The molecule has 1 aliphatic heterocycles. The molecule has 0 bridgehead atoms. The van der Waals surface area contributed by atoms with Crippen LogP contribution in [0.3, 0.4) is 0 Å². The Morgan fingerprint density at radius 2 is 1.77 bits per heavy atom. The van der Waals surface area contributed by atoms with Crippen molar-refractivity contribution in [3.05, 3.63) is 71.3 Å². The lowest BCUT2D eigenvalue weighted by molar-refractivity contribution is -0.136. The van der Waals surface area contributed by atoms with E-state index in [-0.39, 0.29) is 22.5 Å². The second-order valence-corrected chi connectivity index (χ2v) is 8.69. The van der Waals surface area contributed by atoms with E-state index < -0.39 is 17.0 Å². The molecule has 1 unspecified atom stereocenters. The highest BCUT2D eigenvalue weighted by Gasteiger charge is 2.41. The topological polar surface area (TPSA) is 55.4 Å². The van der Waals surface area contributed by atoms with E-state index in [1.807, 2.05) is 12.1 Å². The van der Waals surface area contributed by atoms with Crippen molar-refractivity contribution in [1.82, 2.24) is 5.32 Å². The van der Waals surface area contributed by atoms with Gasteiger partial charge in [-0.05, 0) is 53.6 Å². The van der Waals surface area contributed by atoms with E-state index in [1.165, 1.54) is 12.1 Å². The van der Waals surface area contributed by atoms with Crippen LogP contribution in [0.5, 0.6) is 11.5 Å². The summed E-state index contributed by atoms with van der Waals surface area (Å²) in [5.74, 6) is 0.551. The smallest absolute Gasteiger partial charge is 0.417 e. The minimum absolute atomic E-state index is 0.0487. The van der Waals surface area contributed by atoms with Gasteiger partial charge in [0.05, 0.1) is 5.56 Å². The highest BCUT2D eigenvalue weighted by Crippen LogP contribution is 2.44. The summed E-state index contributed by atoms with van der Waals surface area (Å²) in [5.41, 5.74) is 1.33. The molecule has 158 valence electrons. The fourth-order valence-electron chi connectivity index (χ4n) is 4.37. The predicted octanol–water partition coefficient (Wildman–Crippen LogP) is 6.03. The minimum atomic E-state index is -4.45. The number of carbonyl (C=O) groups excluding carboxylic acids is 2. The standard InChI is InChI=1S/C23H16F3NO3S/c24-23(25,26)18-9-10-19(16-4-2-1-3-15(16)18)30-13-6-8-14-12(11-13)5-7-17(14)20-21(28)27-22(29)31-20/h1-4,6,8-11,17,20H,5,7H2,(H,27,28,29)/t17-,20?/m1/s1. The summed E-state index contributed by atoms with van der Waals surface area (Å²) in [6.07, 6.45) is -2.96. The van der Waals surface area contributed by atoms with Crippen molar-refractivity contribution in [2.45, 2.75) is 30.2 Å². The average molecular weight is 443 g/mol. The molecule has 1 N–H and O–H groups in total. The van der Waals surface area contributed by atoms with Crippen molar-refractivity contribution in [2.24, 2.45) is 0 Å². The van der Waals surface area contributed by atoms with Crippen LogP contribution in [0.1, 0.15) is 29.0 Å². The largest absolute Gasteiger partial charge is 0.457 e. The molecule has 31 heavy (non-hydrogen) atoms. The zero-order valence-corrected chi connectivity index (χ0v) is 16.8. The minimum Gasteiger partial charge on any atom is -0.457 e. The quantitative estimate of drug-likeness (QED) is 0.537. The first-order chi connectivity index (χ1) is 14.8. The third kappa shape index (κ3) is 3.54. The number of nitrogens with one attached hydrogen (secondary N) is 1. The molecule has 1 aliphatic carbocycles. The number of fused-ring (bicyclic) bond motifs is 2. The number of carbonyl (C=O) groups is 2. The predicted molar refractivity (Wildman–Crippen MR) is 111 cm³/mol. The zero-order valence-electron chi connectivity index (χ0n) is 16.0. The first-order valence-electron chi connectivity index (χ1n) is 9.72. The molecule has 0 saturated carbocycles. The van der Waals surface area contributed by atoms with Gasteiger partial charge in [0.1, 0.15) is 16.7 Å². The molecule has 5 rings (SSSR count). The molecule has 2 amide bonds. The van der Waals surface area contributed by atoms with Gasteiger partial charge in [0.25, 0.3) is 5.24 Å². The van der Waals surface area contributed by atoms with Crippen LogP contribution in [0.4, 0.5) is 18.0 Å². The maximum Gasteiger partial charge on any atom is 0.417 e. The molecule has 1 fully saturated rings. The van der Waals surface area contributed by atoms with Crippen LogP contribution in [0, 0.1) is 0 Å². The zero-order chi connectivity index (χ0) is 21.8. The second kappa shape index (κ2) is 7.30. The van der Waals surface area contributed by atoms with Crippen LogP contribution in [0.2, 0.25) is 0 Å². The summed E-state index contributed by atoms with van der Waals surface area (Å²) in [4.78, 5) is 23.6. The summed E-state index contributed by atoms with van der Waals surface area (Å²) < 4.78 is 46.0. The number of halogens is 3. The van der Waals surface area contributed by atoms with Crippen LogP contribution < -0.4 is 10.1 Å². The Balaban J connectivity index is 1.46. The second-order valence-electron chi connectivity index (χ2n) is 7.58. The van der Waals surface area contributed by atoms with Gasteiger partial charge in [0.2, 0.25) is 5.91 Å². The van der Waals surface area contributed by atoms with Crippen molar-refractivity contribution in [3.8, 4) is 11.5 Å². The van der Waals surface area contributed by atoms with E-state index in [9.17, 15) is 22.8 Å². The number of alkyl halides is 3. The Bertz CT molecular complexity index is 1220. The summed E-state index contributed by atoms with van der Waals surface area (Å²) in [6, 6.07) is 14.2. The lowest BCUT2D eigenvalue weighted by Gasteiger charge is -2.17. The molecule has 3 aromatic rings. The van der Waals surface area contributed by atoms with Crippen LogP contribution in [0.15, 0.2) is 54.6 Å². The van der Waals surface area contributed by atoms with Crippen LogP contribution in [-0.2, 0) is 17.4 Å². The number of ether oxygens (including phenoxy) is 1. The molecule has 0 aromatic heterocycles. The Labute approximate surface area is 179 Å². The molecule has 3 aromatic carbocycles. The normalized spacial score (nSPS) is 20.7. The van der Waals surface area contributed by atoms with Crippen molar-refractivity contribution in [1.29, 1.82) is 0 Å². The fraction of sp³-hybridized carbons (Fsp3) is 0.217. The van der Waals surface area contributed by atoms with E-state index in [0.717, 1.165) is 41.8 Å². The number of thioether (sulfide) groups is 1. The van der Waals surface area contributed by atoms with Crippen LogP contribution >= 0.6 is 11.8 Å². The van der Waals surface area contributed by atoms with E-state index in [0.29, 0.717) is 16.9 Å². The summed E-state index contributed by atoms with van der Waals surface area (Å²) in [5, 5.41) is 2.05. The van der Waals surface area contributed by atoms with Gasteiger partial charge < -0.3 is 4.74 Å². The molecule has 8 heteroatoms. The van der Waals surface area contributed by atoms with E-state index in [4.69, 9.17) is 4.74 Å². The Morgan fingerprint density at radius 1 is 1.00 bits per heavy atom. The van der Waals surface area contributed by atoms with Crippen LogP contribution in [-0.4, -0.2) is 16.4 Å². The van der Waals surface area contributed by atoms with Crippen molar-refractivity contribution in [3.63, 3.8) is 0 Å². The molecule has 2 atom stereocenters. The average Bonchev–Trinajstić information content (AvgIpc) is 3.29. The SMILES string of the molecule is O=C1NC(=O)C([C@@H]2CCc3cc(Oc4ccc(C(F)(F)F)c5ccccc45)ccc32)S1. The van der Waals surface area contributed by atoms with Crippen molar-refractivity contribution >= 4 is 33.7 Å². The number of aryl methyl sites for hydroxylation is 1. The van der Waals surface area contributed by atoms with Crippen LogP contribution in [0.25, 0.3) is 10.8 Å². The molecule has 1 saturated heterocycles. The molecular formula is C23H16F3NO3S. The highest BCUT2D eigenvalue weighted by atomic mass is 32.2. The number of imide groups is 1. The lowest BCUT2D eigenvalue weighted by atomic mass is 9.97. The molecule has 2 aliphatic rings. The van der Waals surface area contributed by atoms with E-state index >= 15 is 0 Å². The first kappa shape index (κ1) is 19.9. The van der Waals surface area contributed by atoms with E-state index in [2.05, 4.69) is 5.32 Å². The Hall–Kier alpha value is -3.00. The number of hydrogen-bond donors (Lipinski definition) is 1. The fourth-order valence-corrected chi connectivity index (χ4v) is 5.38. The summed E-state index contributed by atoms with van der Waals surface area (Å²) in [7, 11) is 0. The third-order valence-corrected chi connectivity index (χ3v) is 6.85. The molecule has 1 heterocycles. The molecule has 0 radical (unpaired) electrons. The number of benzene rings is 3. The molecular weight excluding hydrogens is 427 g/mol. The molecule has 4 nitrogen and oxygen atoms in total. The Morgan fingerprint density at radius 3 is 2.48 bits per heavy atom. The van der Waals surface area contributed by atoms with Gasteiger partial charge in [-0.2, -0.15) is 13.2 Å². The Kier molecular flexibility index (Phi) is 4.69. The van der Waals surface area contributed by atoms with Gasteiger partial charge in [-0.1, -0.05) is 42.1 Å². The number of hydrogen-bond acceptors (Lipinski definition) is 4. The first-order valence-corrected chi connectivity index (χ1v) is 10.6. The maximum atomic E-state index is 13.4. The van der Waals surface area contributed by atoms with Gasteiger partial charge in [0.15, 0.2) is 0 Å². The van der Waals surface area contributed by atoms with Gasteiger partial charge >= 0.3 is 6.18 Å². The van der Waals surface area contributed by atoms with Gasteiger partial charge in [-0.25, -0.2) is 0 Å². The maximum absolute atomic E-state index is 13.4. The van der Waals surface area contributed by atoms with Crippen molar-refractivity contribution < 1.29 is 27.5 Å². The van der Waals surface area contributed by atoms with Crippen molar-refractivity contribution in [2.75, 3.05) is 0 Å². The highest BCUT2D eigenvalue weighted by molar-refractivity contribution is 8.15. The summed E-state index contributed by atoms with van der Waals surface area (Å²) >= 11 is 1.02. The van der Waals surface area contributed by atoms with Gasteiger partial charge in [0, 0.05) is 11.3 Å².